The molecule has 172 valence electrons. The van der Waals surface area contributed by atoms with Gasteiger partial charge in [0, 0.05) is 11.3 Å². The van der Waals surface area contributed by atoms with Crippen molar-refractivity contribution in [1.29, 1.82) is 0 Å². The molecule has 0 atom stereocenters. The predicted octanol–water partition coefficient (Wildman–Crippen LogP) is 7.49. The summed E-state index contributed by atoms with van der Waals surface area (Å²) in [7, 11) is -4.25. The number of carbonyl (C=O) groups is 1. The molecule has 0 fully saturated rings. The molecule has 1 aromatic rings. The second kappa shape index (κ2) is 9.69. The van der Waals surface area contributed by atoms with Crippen LogP contribution in [-0.2, 0) is 10.5 Å². The summed E-state index contributed by atoms with van der Waals surface area (Å²) in [6.45, 7) is 24.4. The summed E-state index contributed by atoms with van der Waals surface area (Å²) in [5.74, 6) is 1.90. The SMILES string of the molecule is CCOC(=O)c1cc(CSC)c(O[Si](C)(C)C(C)(C)C)c(O[Si](C)(C)C(C)(C)C)c1. The Hall–Kier alpha value is -0.926. The topological polar surface area (TPSA) is 44.8 Å². The highest BCUT2D eigenvalue weighted by Gasteiger charge is 2.42. The maximum atomic E-state index is 12.6. The first-order valence-electron chi connectivity index (χ1n) is 10.7. The molecule has 1 rings (SSSR count). The van der Waals surface area contributed by atoms with Crippen LogP contribution in [0.4, 0.5) is 0 Å². The fourth-order valence-electron chi connectivity index (χ4n) is 2.28. The van der Waals surface area contributed by atoms with Gasteiger partial charge >= 0.3 is 5.97 Å². The Bertz CT molecular complexity index is 747. The number of rotatable bonds is 8. The van der Waals surface area contributed by atoms with Crippen molar-refractivity contribution in [1.82, 2.24) is 0 Å². The van der Waals surface area contributed by atoms with Gasteiger partial charge in [-0.05, 0) is 61.6 Å². The van der Waals surface area contributed by atoms with Crippen LogP contribution in [0.15, 0.2) is 12.1 Å². The molecule has 0 spiro atoms. The summed E-state index contributed by atoms with van der Waals surface area (Å²) in [6.07, 6.45) is 2.06. The third kappa shape index (κ3) is 6.53. The fourth-order valence-corrected chi connectivity index (χ4v) is 4.86. The van der Waals surface area contributed by atoms with Crippen LogP contribution >= 0.6 is 11.8 Å². The van der Waals surface area contributed by atoms with Crippen molar-refractivity contribution < 1.29 is 18.4 Å². The average molecular weight is 471 g/mol. The number of ether oxygens (including phenoxy) is 1. The summed E-state index contributed by atoms with van der Waals surface area (Å²) >= 11 is 1.71. The van der Waals surface area contributed by atoms with E-state index in [0.717, 1.165) is 17.1 Å². The zero-order valence-electron chi connectivity index (χ0n) is 21.1. The number of esters is 1. The minimum atomic E-state index is -2.14. The molecule has 0 aliphatic rings. The Morgan fingerprint density at radius 2 is 1.43 bits per heavy atom. The highest BCUT2D eigenvalue weighted by atomic mass is 32.2. The van der Waals surface area contributed by atoms with Gasteiger partial charge in [0.05, 0.1) is 12.2 Å². The molecule has 1 aromatic carbocycles. The number of hydrogen-bond donors (Lipinski definition) is 0. The minimum absolute atomic E-state index is 0.0286. The van der Waals surface area contributed by atoms with Gasteiger partial charge in [0.25, 0.3) is 16.6 Å². The van der Waals surface area contributed by atoms with E-state index < -0.39 is 16.6 Å². The highest BCUT2D eigenvalue weighted by Crippen LogP contribution is 2.46. The van der Waals surface area contributed by atoms with Gasteiger partial charge < -0.3 is 13.6 Å². The molecule has 0 aromatic heterocycles. The molecule has 0 bridgehead atoms. The molecule has 4 nitrogen and oxygen atoms in total. The smallest absolute Gasteiger partial charge is 0.338 e. The summed E-state index contributed by atoms with van der Waals surface area (Å²) in [6, 6.07) is 3.74. The summed E-state index contributed by atoms with van der Waals surface area (Å²) in [5.41, 5.74) is 1.52. The van der Waals surface area contributed by atoms with E-state index >= 15 is 0 Å². The first-order chi connectivity index (χ1) is 13.5. The van der Waals surface area contributed by atoms with Crippen molar-refractivity contribution in [2.75, 3.05) is 12.9 Å². The second-order valence-electron chi connectivity index (χ2n) is 10.8. The average Bonchev–Trinajstić information content (AvgIpc) is 2.55. The number of carbonyl (C=O) groups excluding carboxylic acids is 1. The lowest BCUT2D eigenvalue weighted by atomic mass is 10.1. The number of benzene rings is 1. The van der Waals surface area contributed by atoms with Gasteiger partial charge in [-0.2, -0.15) is 11.8 Å². The maximum absolute atomic E-state index is 12.6. The first-order valence-corrected chi connectivity index (χ1v) is 17.9. The molecule has 0 aliphatic carbocycles. The first kappa shape index (κ1) is 27.1. The van der Waals surface area contributed by atoms with Crippen LogP contribution in [0.5, 0.6) is 11.5 Å². The van der Waals surface area contributed by atoms with E-state index in [9.17, 15) is 4.79 Å². The van der Waals surface area contributed by atoms with Crippen LogP contribution in [0.1, 0.15) is 64.4 Å². The van der Waals surface area contributed by atoms with Crippen LogP contribution in [0.2, 0.25) is 36.3 Å². The quantitative estimate of drug-likeness (QED) is 0.291. The lowest BCUT2D eigenvalue weighted by Crippen LogP contribution is -2.46. The van der Waals surface area contributed by atoms with Gasteiger partial charge in [-0.25, -0.2) is 4.79 Å². The van der Waals surface area contributed by atoms with Crippen LogP contribution in [0.3, 0.4) is 0 Å². The standard InChI is InChI=1S/C23H42O4SSi2/c1-13-25-21(24)17-14-18(16-28-8)20(27-30(11,12)23(5,6)7)19(15-17)26-29(9,10)22(2,3)4/h14-15H,13,16H2,1-12H3. The molecule has 0 amide bonds. The van der Waals surface area contributed by atoms with Crippen LogP contribution in [0.25, 0.3) is 0 Å². The van der Waals surface area contributed by atoms with E-state index in [1.165, 1.54) is 0 Å². The third-order valence-corrected chi connectivity index (χ3v) is 15.5. The Balaban J connectivity index is 3.70. The maximum Gasteiger partial charge on any atom is 0.338 e. The Morgan fingerprint density at radius 1 is 0.933 bits per heavy atom. The van der Waals surface area contributed by atoms with Gasteiger partial charge in [0.1, 0.15) is 11.5 Å². The van der Waals surface area contributed by atoms with Crippen LogP contribution in [0, 0.1) is 0 Å². The van der Waals surface area contributed by atoms with Crippen molar-refractivity contribution >= 4 is 34.4 Å². The Kier molecular flexibility index (Phi) is 8.76. The van der Waals surface area contributed by atoms with E-state index in [1.54, 1.807) is 11.8 Å². The molecule has 0 unspecified atom stereocenters. The molecule has 7 heteroatoms. The van der Waals surface area contributed by atoms with Gasteiger partial charge in [-0.1, -0.05) is 41.5 Å². The van der Waals surface area contributed by atoms with Gasteiger partial charge in [-0.3, -0.25) is 0 Å². The van der Waals surface area contributed by atoms with Crippen molar-refractivity contribution in [3.05, 3.63) is 23.3 Å². The monoisotopic (exact) mass is 470 g/mol. The zero-order chi connectivity index (χ0) is 23.5. The van der Waals surface area contributed by atoms with E-state index in [4.69, 9.17) is 13.6 Å². The van der Waals surface area contributed by atoms with E-state index in [2.05, 4.69) is 74.0 Å². The molecule has 0 radical (unpaired) electrons. The van der Waals surface area contributed by atoms with Crippen molar-refractivity contribution in [2.24, 2.45) is 0 Å². The molecule has 0 aliphatic heterocycles. The molecule has 30 heavy (non-hydrogen) atoms. The number of hydrogen-bond acceptors (Lipinski definition) is 5. The minimum Gasteiger partial charge on any atom is -0.541 e. The predicted molar refractivity (Wildman–Crippen MR) is 135 cm³/mol. The normalized spacial score (nSPS) is 13.2. The van der Waals surface area contributed by atoms with E-state index in [1.807, 2.05) is 19.1 Å². The third-order valence-electron chi connectivity index (χ3n) is 6.28. The van der Waals surface area contributed by atoms with E-state index in [-0.39, 0.29) is 16.0 Å². The molecule has 0 saturated heterocycles. The molecule has 0 saturated carbocycles. The summed E-state index contributed by atoms with van der Waals surface area (Å²) in [5, 5.41) is 0.0819. The number of thioether (sulfide) groups is 1. The lowest BCUT2D eigenvalue weighted by Gasteiger charge is -2.40. The van der Waals surface area contributed by atoms with E-state index in [0.29, 0.717) is 17.9 Å². The molecule has 0 heterocycles. The molecular formula is C23H42O4SSi2. The molecular weight excluding hydrogens is 428 g/mol. The second-order valence-corrected chi connectivity index (χ2v) is 21.2. The Morgan fingerprint density at radius 3 is 1.87 bits per heavy atom. The fraction of sp³-hybridized carbons (Fsp3) is 0.696. The van der Waals surface area contributed by atoms with Gasteiger partial charge in [-0.15, -0.1) is 0 Å². The van der Waals surface area contributed by atoms with Crippen molar-refractivity contribution in [2.45, 2.75) is 90.5 Å². The largest absolute Gasteiger partial charge is 0.541 e. The van der Waals surface area contributed by atoms with Gasteiger partial charge in [0.15, 0.2) is 0 Å². The molecule has 0 N–H and O–H groups in total. The summed E-state index contributed by atoms with van der Waals surface area (Å²) in [4.78, 5) is 12.6. The van der Waals surface area contributed by atoms with Crippen LogP contribution < -0.4 is 8.85 Å². The van der Waals surface area contributed by atoms with Crippen molar-refractivity contribution in [3.63, 3.8) is 0 Å². The summed E-state index contributed by atoms with van der Waals surface area (Å²) < 4.78 is 18.8. The zero-order valence-corrected chi connectivity index (χ0v) is 23.9. The Labute approximate surface area is 190 Å². The van der Waals surface area contributed by atoms with Gasteiger partial charge in [0.2, 0.25) is 0 Å². The lowest BCUT2D eigenvalue weighted by molar-refractivity contribution is 0.0526. The van der Waals surface area contributed by atoms with Crippen LogP contribution in [-0.4, -0.2) is 35.5 Å². The highest BCUT2D eigenvalue weighted by molar-refractivity contribution is 7.97. The van der Waals surface area contributed by atoms with Crippen molar-refractivity contribution in [3.8, 4) is 11.5 Å².